The van der Waals surface area contributed by atoms with Gasteiger partial charge in [0.1, 0.15) is 24.7 Å². The maximum absolute atomic E-state index is 11.6. The Morgan fingerprint density at radius 3 is 1.13 bits per heavy atom. The van der Waals surface area contributed by atoms with Crippen LogP contribution in [0.25, 0.3) is 0 Å². The molecule has 4 nitrogen and oxygen atoms in total. The molecule has 5 rings (SSSR count). The van der Waals surface area contributed by atoms with Gasteiger partial charge in [-0.15, -0.1) is 0 Å². The summed E-state index contributed by atoms with van der Waals surface area (Å²) in [5.41, 5.74) is 7.63. The van der Waals surface area contributed by atoms with Crippen LogP contribution in [0.2, 0.25) is 0 Å². The average Bonchev–Trinajstić information content (AvgIpc) is 3.12. The molecule has 0 atom stereocenters. The van der Waals surface area contributed by atoms with Crippen molar-refractivity contribution in [3.63, 3.8) is 0 Å². The summed E-state index contributed by atoms with van der Waals surface area (Å²) < 4.78 is 13.0. The van der Waals surface area contributed by atoms with Crippen LogP contribution in [0, 0.1) is 23.7 Å². The van der Waals surface area contributed by atoms with Gasteiger partial charge in [0.15, 0.2) is 10.2 Å². The van der Waals surface area contributed by atoms with E-state index in [4.69, 9.17) is 9.47 Å². The Bertz CT molecular complexity index is 2050. The first-order chi connectivity index (χ1) is 25.6. The number of hydrogen-bond acceptors (Lipinski definition) is 6. The van der Waals surface area contributed by atoms with Crippen LogP contribution >= 0.6 is 23.5 Å². The summed E-state index contributed by atoms with van der Waals surface area (Å²) in [7, 11) is 0. The molecular weight excluding hydrogens is 705 g/mol. The Kier molecular flexibility index (Phi) is 13.2. The third-order valence-electron chi connectivity index (χ3n) is 8.43. The molecule has 5 aromatic rings. The zero-order chi connectivity index (χ0) is 38.9. The fraction of sp³-hybridized carbons (Fsp3) is 0.250. The third-order valence-corrected chi connectivity index (χ3v) is 10.0. The van der Waals surface area contributed by atoms with Crippen molar-refractivity contribution in [2.24, 2.45) is 0 Å². The van der Waals surface area contributed by atoms with Gasteiger partial charge in [0.25, 0.3) is 0 Å². The van der Waals surface area contributed by atoms with E-state index in [0.717, 1.165) is 32.0 Å². The van der Waals surface area contributed by atoms with Crippen LogP contribution < -0.4 is 9.47 Å². The minimum atomic E-state index is 0.0357. The van der Waals surface area contributed by atoms with Gasteiger partial charge in [-0.3, -0.25) is 9.59 Å². The van der Waals surface area contributed by atoms with Crippen LogP contribution in [-0.4, -0.2) is 10.2 Å². The largest absolute Gasteiger partial charge is 0.488 e. The van der Waals surface area contributed by atoms with Crippen molar-refractivity contribution in [1.82, 2.24) is 0 Å². The molecule has 0 N–H and O–H groups in total. The van der Waals surface area contributed by atoms with Crippen molar-refractivity contribution in [3.8, 4) is 35.2 Å². The second-order valence-corrected chi connectivity index (χ2v) is 17.6. The van der Waals surface area contributed by atoms with E-state index in [0.29, 0.717) is 35.8 Å². The molecule has 0 aliphatic carbocycles. The first-order valence-electron chi connectivity index (χ1n) is 17.9. The Morgan fingerprint density at radius 1 is 0.500 bits per heavy atom. The highest BCUT2D eigenvalue weighted by Gasteiger charge is 2.16. The van der Waals surface area contributed by atoms with Gasteiger partial charge in [0, 0.05) is 46.9 Å². The molecule has 54 heavy (non-hydrogen) atoms. The Balaban J connectivity index is 1.54. The van der Waals surface area contributed by atoms with Crippen molar-refractivity contribution >= 4 is 33.8 Å². The van der Waals surface area contributed by atoms with Crippen LogP contribution in [0.1, 0.15) is 99.9 Å². The number of ether oxygens (including phenoxy) is 2. The van der Waals surface area contributed by atoms with Gasteiger partial charge in [0.05, 0.1) is 11.1 Å². The molecule has 0 unspecified atom stereocenters. The summed E-state index contributed by atoms with van der Waals surface area (Å²) in [6.07, 6.45) is 0. The van der Waals surface area contributed by atoms with Crippen molar-refractivity contribution in [3.05, 3.63) is 154 Å². The highest BCUT2D eigenvalue weighted by molar-refractivity contribution is 8.13. The summed E-state index contributed by atoms with van der Waals surface area (Å²) in [6.45, 7) is 17.0. The predicted molar refractivity (Wildman–Crippen MR) is 223 cm³/mol. The SMILES string of the molecule is CC(=O)Sc1ccc(C#Cc2cc(OCc3ccc(C(C)(C)C)cc3)c(C#Cc3ccc(SC(C)=O)cc3)cc2OCc2ccc(C(C)(C)C)cc2)cc1. The van der Waals surface area contributed by atoms with Gasteiger partial charge in [-0.25, -0.2) is 0 Å². The topological polar surface area (TPSA) is 52.6 Å². The molecule has 0 amide bonds. The number of hydrogen-bond donors (Lipinski definition) is 0. The van der Waals surface area contributed by atoms with E-state index in [1.54, 1.807) is 13.8 Å². The van der Waals surface area contributed by atoms with Crippen LogP contribution in [0.3, 0.4) is 0 Å². The Morgan fingerprint density at radius 2 is 0.833 bits per heavy atom. The number of carbonyl (C=O) groups excluding carboxylic acids is 2. The molecule has 0 aliphatic rings. The molecule has 274 valence electrons. The van der Waals surface area contributed by atoms with Crippen molar-refractivity contribution in [2.45, 2.75) is 89.2 Å². The van der Waals surface area contributed by atoms with Gasteiger partial charge >= 0.3 is 0 Å². The maximum Gasteiger partial charge on any atom is 0.190 e. The minimum absolute atomic E-state index is 0.0357. The van der Waals surface area contributed by atoms with Gasteiger partial charge in [-0.2, -0.15) is 0 Å². The smallest absolute Gasteiger partial charge is 0.190 e. The molecule has 0 radical (unpaired) electrons. The molecule has 0 spiro atoms. The van der Waals surface area contributed by atoms with E-state index in [9.17, 15) is 9.59 Å². The number of benzene rings is 5. The molecule has 0 saturated carbocycles. The van der Waals surface area contributed by atoms with Gasteiger partial charge in [0.2, 0.25) is 0 Å². The summed E-state index contributed by atoms with van der Waals surface area (Å²) in [5, 5.41) is 0.0714. The quantitative estimate of drug-likeness (QED) is 0.116. The van der Waals surface area contributed by atoms with Crippen molar-refractivity contribution in [1.29, 1.82) is 0 Å². The van der Waals surface area contributed by atoms with E-state index >= 15 is 0 Å². The fourth-order valence-electron chi connectivity index (χ4n) is 5.34. The van der Waals surface area contributed by atoms with Gasteiger partial charge < -0.3 is 9.47 Å². The monoisotopic (exact) mass is 750 g/mol. The molecule has 0 aromatic heterocycles. The zero-order valence-corrected chi connectivity index (χ0v) is 33.9. The lowest BCUT2D eigenvalue weighted by molar-refractivity contribution is -0.109. The maximum atomic E-state index is 11.6. The summed E-state index contributed by atoms with van der Waals surface area (Å²) in [5.74, 6) is 14.4. The molecular formula is C48H46O4S2. The van der Waals surface area contributed by atoms with Crippen LogP contribution in [0.15, 0.2) is 119 Å². The second kappa shape index (κ2) is 17.8. The standard InChI is InChI=1S/C48H46O4S2/c1-33(49)53-43-25-15-35(16-26-43)9-19-39-29-46(52-32-38-13-23-42(24-14-38)48(6,7)8)40(20-10-36-17-27-44(28-18-36)54-34(2)50)30-45(39)51-31-37-11-21-41(22-12-37)47(3,4)5/h11-18,21-30H,31-32H2,1-8H3. The van der Waals surface area contributed by atoms with E-state index < -0.39 is 0 Å². The van der Waals surface area contributed by atoms with Crippen molar-refractivity contribution in [2.75, 3.05) is 0 Å². The third kappa shape index (κ3) is 11.9. The van der Waals surface area contributed by atoms with Gasteiger partial charge in [-0.1, -0.05) is 137 Å². The number of rotatable bonds is 8. The zero-order valence-electron chi connectivity index (χ0n) is 32.3. The Labute approximate surface area is 329 Å². The molecule has 0 bridgehead atoms. The van der Waals surface area contributed by atoms with E-state index in [-0.39, 0.29) is 21.1 Å². The highest BCUT2D eigenvalue weighted by Crippen LogP contribution is 2.31. The average molecular weight is 751 g/mol. The van der Waals surface area contributed by atoms with Gasteiger partial charge in [-0.05, 0) is 81.6 Å². The van der Waals surface area contributed by atoms with E-state index in [1.807, 2.05) is 60.7 Å². The summed E-state index contributed by atoms with van der Waals surface area (Å²) in [6, 6.07) is 36.1. The molecule has 5 aromatic carbocycles. The molecule has 0 heterocycles. The summed E-state index contributed by atoms with van der Waals surface area (Å²) >= 11 is 2.39. The van der Waals surface area contributed by atoms with Crippen molar-refractivity contribution < 1.29 is 19.1 Å². The van der Waals surface area contributed by atoms with E-state index in [2.05, 4.69) is 114 Å². The molecule has 6 heteroatoms. The number of carbonyl (C=O) groups is 2. The number of thioether (sulfide) groups is 2. The molecule has 0 saturated heterocycles. The normalized spacial score (nSPS) is 11.1. The first-order valence-corrected chi connectivity index (χ1v) is 19.5. The summed E-state index contributed by atoms with van der Waals surface area (Å²) in [4.78, 5) is 24.9. The molecule has 0 aliphatic heterocycles. The minimum Gasteiger partial charge on any atom is -0.488 e. The van der Waals surface area contributed by atoms with Crippen LogP contribution in [0.4, 0.5) is 0 Å². The fourth-order valence-corrected chi connectivity index (χ4v) is 6.55. The first kappa shape index (κ1) is 40.1. The lowest BCUT2D eigenvalue weighted by atomic mass is 9.87. The lowest BCUT2D eigenvalue weighted by Crippen LogP contribution is -2.11. The molecule has 0 fully saturated rings. The second-order valence-electron chi connectivity index (χ2n) is 15.1. The van der Waals surface area contributed by atoms with Crippen LogP contribution in [-0.2, 0) is 33.6 Å². The Hall–Kier alpha value is -5.14. The lowest BCUT2D eigenvalue weighted by Gasteiger charge is -2.19. The van der Waals surface area contributed by atoms with Crippen LogP contribution in [0.5, 0.6) is 11.5 Å². The predicted octanol–water partition coefficient (Wildman–Crippen LogP) is 11.5. The highest BCUT2D eigenvalue weighted by atomic mass is 32.2. The van der Waals surface area contributed by atoms with E-state index in [1.165, 1.54) is 34.7 Å².